The average Bonchev–Trinajstić information content (AvgIpc) is 3.53. The lowest BCUT2D eigenvalue weighted by molar-refractivity contribution is -0.118. The Bertz CT molecular complexity index is 1180. The highest BCUT2D eigenvalue weighted by atomic mass is 32.2. The second-order valence-electron chi connectivity index (χ2n) is 8.73. The van der Waals surface area contributed by atoms with E-state index in [1.807, 2.05) is 36.6 Å². The molecule has 0 bridgehead atoms. The summed E-state index contributed by atoms with van der Waals surface area (Å²) in [5.41, 5.74) is 9.35. The number of carbonyl (C=O) groups excluding carboxylic acids is 2. The fraction of sp³-hybridized carbons (Fsp3) is 0.440. The number of hydrogen-bond acceptors (Lipinski definition) is 6. The number of benzene rings is 1. The van der Waals surface area contributed by atoms with Crippen molar-refractivity contribution in [3.8, 4) is 5.75 Å². The average molecular weight is 482 g/mol. The SMILES string of the molecule is COc1ccc(CCn2c(C)cc(C(=O)CSc3nnc(C4CC4)n3CCC(N)=O)c2C)cc1. The molecule has 0 radical (unpaired) electrons. The Morgan fingerprint density at radius 2 is 1.85 bits per heavy atom. The normalized spacial score (nSPS) is 13.3. The molecule has 180 valence electrons. The van der Waals surface area contributed by atoms with Crippen LogP contribution in [0.1, 0.15) is 58.3 Å². The molecule has 0 aliphatic heterocycles. The van der Waals surface area contributed by atoms with Crippen molar-refractivity contribution < 1.29 is 14.3 Å². The van der Waals surface area contributed by atoms with Crippen LogP contribution in [0.4, 0.5) is 0 Å². The van der Waals surface area contributed by atoms with Crippen LogP contribution in [0.25, 0.3) is 0 Å². The van der Waals surface area contributed by atoms with Crippen LogP contribution in [0.3, 0.4) is 0 Å². The molecule has 3 aromatic rings. The number of amides is 1. The van der Waals surface area contributed by atoms with Crippen molar-refractivity contribution in [2.45, 2.75) is 63.7 Å². The summed E-state index contributed by atoms with van der Waals surface area (Å²) in [5, 5.41) is 9.29. The Hall–Kier alpha value is -3.07. The van der Waals surface area contributed by atoms with Crippen LogP contribution in [-0.4, -0.2) is 43.9 Å². The van der Waals surface area contributed by atoms with Crippen LogP contribution in [-0.2, 0) is 24.3 Å². The third-order valence-corrected chi connectivity index (χ3v) is 7.23. The standard InChI is InChI=1S/C25H31N5O3S/c1-16-14-21(17(2)29(16)12-10-18-4-8-20(33-3)9-5-18)22(31)15-34-25-28-27-24(19-6-7-19)30(25)13-11-23(26)32/h4-5,8-9,14,19H,6-7,10-13,15H2,1-3H3,(H2,26,32). The number of ketones is 1. The van der Waals surface area contributed by atoms with Gasteiger partial charge in [0.05, 0.1) is 12.9 Å². The number of ether oxygens (including phenoxy) is 1. The Labute approximate surface area is 203 Å². The summed E-state index contributed by atoms with van der Waals surface area (Å²) in [7, 11) is 1.66. The van der Waals surface area contributed by atoms with Crippen LogP contribution < -0.4 is 10.5 Å². The molecule has 4 rings (SSSR count). The maximum absolute atomic E-state index is 13.1. The molecule has 1 aliphatic carbocycles. The van der Waals surface area contributed by atoms with Crippen molar-refractivity contribution >= 4 is 23.5 Å². The molecule has 2 heterocycles. The van der Waals surface area contributed by atoms with Gasteiger partial charge in [-0.15, -0.1) is 10.2 Å². The lowest BCUT2D eigenvalue weighted by atomic mass is 10.1. The number of nitrogens with zero attached hydrogens (tertiary/aromatic N) is 4. The molecule has 2 aromatic heterocycles. The minimum Gasteiger partial charge on any atom is -0.497 e. The highest BCUT2D eigenvalue weighted by Crippen LogP contribution is 2.40. The molecule has 0 spiro atoms. The van der Waals surface area contributed by atoms with E-state index in [1.54, 1.807) is 7.11 Å². The number of hydrogen-bond donors (Lipinski definition) is 1. The molecule has 34 heavy (non-hydrogen) atoms. The maximum atomic E-state index is 13.1. The second kappa shape index (κ2) is 10.5. The van der Waals surface area contributed by atoms with Gasteiger partial charge in [0.25, 0.3) is 0 Å². The summed E-state index contributed by atoms with van der Waals surface area (Å²) in [5.74, 6) is 2.11. The van der Waals surface area contributed by atoms with E-state index < -0.39 is 0 Å². The number of rotatable bonds is 12. The highest BCUT2D eigenvalue weighted by molar-refractivity contribution is 7.99. The van der Waals surface area contributed by atoms with Crippen molar-refractivity contribution in [2.24, 2.45) is 5.73 Å². The number of primary amides is 1. The minimum atomic E-state index is -0.357. The van der Waals surface area contributed by atoms with Crippen LogP contribution in [0.2, 0.25) is 0 Å². The van der Waals surface area contributed by atoms with Gasteiger partial charge in [0.15, 0.2) is 10.9 Å². The van der Waals surface area contributed by atoms with Gasteiger partial charge >= 0.3 is 0 Å². The van der Waals surface area contributed by atoms with Gasteiger partial charge in [-0.25, -0.2) is 0 Å². The number of carbonyl (C=O) groups is 2. The first-order valence-electron chi connectivity index (χ1n) is 11.5. The van der Waals surface area contributed by atoms with E-state index in [2.05, 4.69) is 26.9 Å². The van der Waals surface area contributed by atoms with Gasteiger partial charge in [-0.1, -0.05) is 23.9 Å². The van der Waals surface area contributed by atoms with E-state index in [1.165, 1.54) is 17.3 Å². The predicted octanol–water partition coefficient (Wildman–Crippen LogP) is 3.68. The number of Topliss-reactive ketones (excluding diaryl/α,β-unsaturated/α-hetero) is 1. The second-order valence-corrected chi connectivity index (χ2v) is 9.67. The third kappa shape index (κ3) is 5.52. The van der Waals surface area contributed by atoms with Crippen molar-refractivity contribution in [3.05, 3.63) is 58.7 Å². The molecule has 1 fully saturated rings. The zero-order valence-electron chi connectivity index (χ0n) is 19.9. The van der Waals surface area contributed by atoms with Gasteiger partial charge in [0.2, 0.25) is 5.91 Å². The molecule has 8 nitrogen and oxygen atoms in total. The molecule has 0 saturated heterocycles. The fourth-order valence-electron chi connectivity index (χ4n) is 4.15. The molecule has 1 aromatic carbocycles. The van der Waals surface area contributed by atoms with Crippen LogP contribution in [0.5, 0.6) is 5.75 Å². The van der Waals surface area contributed by atoms with Gasteiger partial charge in [0.1, 0.15) is 11.6 Å². The molecule has 0 unspecified atom stereocenters. The van der Waals surface area contributed by atoms with Gasteiger partial charge in [-0.2, -0.15) is 0 Å². The number of nitrogens with two attached hydrogens (primary N) is 1. The van der Waals surface area contributed by atoms with Crippen molar-refractivity contribution in [3.63, 3.8) is 0 Å². The van der Waals surface area contributed by atoms with E-state index >= 15 is 0 Å². The Kier molecular flexibility index (Phi) is 7.41. The highest BCUT2D eigenvalue weighted by Gasteiger charge is 2.30. The third-order valence-electron chi connectivity index (χ3n) is 6.26. The van der Waals surface area contributed by atoms with Crippen molar-refractivity contribution in [2.75, 3.05) is 12.9 Å². The summed E-state index contributed by atoms with van der Waals surface area (Å²) in [6.45, 7) is 5.29. The van der Waals surface area contributed by atoms with Crippen molar-refractivity contribution in [1.29, 1.82) is 0 Å². The Morgan fingerprint density at radius 3 is 2.50 bits per heavy atom. The number of thioether (sulfide) groups is 1. The number of methoxy groups -OCH3 is 1. The van der Waals surface area contributed by atoms with E-state index in [4.69, 9.17) is 10.5 Å². The number of aryl methyl sites for hydroxylation is 2. The summed E-state index contributed by atoms with van der Waals surface area (Å²) in [4.78, 5) is 24.4. The Morgan fingerprint density at radius 1 is 1.12 bits per heavy atom. The predicted molar refractivity (Wildman–Crippen MR) is 131 cm³/mol. The van der Waals surface area contributed by atoms with Gasteiger partial charge < -0.3 is 19.6 Å². The minimum absolute atomic E-state index is 0.0613. The van der Waals surface area contributed by atoms with E-state index in [-0.39, 0.29) is 23.9 Å². The first-order chi connectivity index (χ1) is 16.4. The summed E-state index contributed by atoms with van der Waals surface area (Å²) >= 11 is 1.37. The smallest absolute Gasteiger partial charge is 0.219 e. The molecule has 1 amide bonds. The molecule has 2 N–H and O–H groups in total. The van der Waals surface area contributed by atoms with Gasteiger partial charge in [0, 0.05) is 42.4 Å². The quantitative estimate of drug-likeness (QED) is 0.313. The largest absolute Gasteiger partial charge is 0.497 e. The number of aromatic nitrogens is 4. The molecule has 1 saturated carbocycles. The lowest BCUT2D eigenvalue weighted by Crippen LogP contribution is -2.16. The molecular weight excluding hydrogens is 450 g/mol. The zero-order valence-corrected chi connectivity index (χ0v) is 20.7. The van der Waals surface area contributed by atoms with E-state index in [0.717, 1.165) is 54.3 Å². The van der Waals surface area contributed by atoms with Crippen LogP contribution in [0, 0.1) is 13.8 Å². The molecular formula is C25H31N5O3S. The van der Waals surface area contributed by atoms with Gasteiger partial charge in [-0.3, -0.25) is 9.59 Å². The summed E-state index contributed by atoms with van der Waals surface area (Å²) in [6, 6.07) is 10.0. The summed E-state index contributed by atoms with van der Waals surface area (Å²) < 4.78 is 9.38. The molecule has 0 atom stereocenters. The molecule has 1 aliphatic rings. The fourth-order valence-corrected chi connectivity index (χ4v) is 5.01. The van der Waals surface area contributed by atoms with Crippen molar-refractivity contribution in [1.82, 2.24) is 19.3 Å². The Balaban J connectivity index is 1.41. The monoisotopic (exact) mass is 481 g/mol. The van der Waals surface area contributed by atoms with Crippen LogP contribution in [0.15, 0.2) is 35.5 Å². The topological polar surface area (TPSA) is 105 Å². The molecule has 9 heteroatoms. The first kappa shape index (κ1) is 24.1. The lowest BCUT2D eigenvalue weighted by Gasteiger charge is -2.11. The maximum Gasteiger partial charge on any atom is 0.219 e. The van der Waals surface area contributed by atoms with E-state index in [0.29, 0.717) is 17.6 Å². The van der Waals surface area contributed by atoms with Gasteiger partial charge in [-0.05, 0) is 56.9 Å². The van der Waals surface area contributed by atoms with E-state index in [9.17, 15) is 9.59 Å². The first-order valence-corrected chi connectivity index (χ1v) is 12.5. The zero-order chi connectivity index (χ0) is 24.2. The van der Waals surface area contributed by atoms with Crippen LogP contribution >= 0.6 is 11.8 Å². The summed E-state index contributed by atoms with van der Waals surface area (Å²) in [6.07, 6.45) is 3.27.